The lowest BCUT2D eigenvalue weighted by Crippen LogP contribution is -2.14. The molecule has 0 fully saturated rings. The largest absolute Gasteiger partial charge is 0.441 e. The zero-order chi connectivity index (χ0) is 14.1. The third-order valence-corrected chi connectivity index (χ3v) is 4.02. The molecular formula is C15H12BrClN2O. The molecule has 0 radical (unpaired) electrons. The van der Waals surface area contributed by atoms with Crippen LogP contribution in [-0.4, -0.2) is 4.98 Å². The lowest BCUT2D eigenvalue weighted by Gasteiger charge is -2.12. The molecule has 2 N–H and O–H groups in total. The molecule has 0 aliphatic carbocycles. The number of rotatable bonds is 3. The van der Waals surface area contributed by atoms with Crippen LogP contribution in [-0.2, 0) is 6.42 Å². The van der Waals surface area contributed by atoms with Crippen LogP contribution in [0.1, 0.15) is 17.5 Å². The van der Waals surface area contributed by atoms with Crippen molar-refractivity contribution in [3.8, 4) is 0 Å². The summed E-state index contributed by atoms with van der Waals surface area (Å²) in [7, 11) is 0. The first-order chi connectivity index (χ1) is 9.63. The van der Waals surface area contributed by atoms with Crippen molar-refractivity contribution in [2.75, 3.05) is 0 Å². The molecule has 3 nitrogen and oxygen atoms in total. The topological polar surface area (TPSA) is 52.0 Å². The Morgan fingerprint density at radius 2 is 2.05 bits per heavy atom. The fourth-order valence-corrected chi connectivity index (χ4v) is 3.08. The SMILES string of the molecule is NC(Cc1nc2ccccc2o1)c1ccc(Cl)cc1Br. The monoisotopic (exact) mass is 350 g/mol. The second-order valence-corrected chi connectivity index (χ2v) is 5.84. The van der Waals surface area contributed by atoms with Crippen molar-refractivity contribution < 1.29 is 4.42 Å². The van der Waals surface area contributed by atoms with Crippen molar-refractivity contribution >= 4 is 38.6 Å². The lowest BCUT2D eigenvalue weighted by atomic mass is 10.1. The van der Waals surface area contributed by atoms with E-state index in [-0.39, 0.29) is 6.04 Å². The van der Waals surface area contributed by atoms with Gasteiger partial charge in [0.2, 0.25) is 0 Å². The van der Waals surface area contributed by atoms with E-state index >= 15 is 0 Å². The molecule has 3 aromatic rings. The summed E-state index contributed by atoms with van der Waals surface area (Å²) in [5.41, 5.74) is 8.84. The molecule has 5 heteroatoms. The Hall–Kier alpha value is -1.36. The van der Waals surface area contributed by atoms with Crippen LogP contribution in [0.3, 0.4) is 0 Å². The summed E-state index contributed by atoms with van der Waals surface area (Å²) in [4.78, 5) is 4.44. The van der Waals surface area contributed by atoms with Crippen LogP contribution >= 0.6 is 27.5 Å². The van der Waals surface area contributed by atoms with Crippen molar-refractivity contribution in [3.05, 3.63) is 63.4 Å². The highest BCUT2D eigenvalue weighted by atomic mass is 79.9. The van der Waals surface area contributed by atoms with Gasteiger partial charge in [-0.15, -0.1) is 0 Å². The smallest absolute Gasteiger partial charge is 0.197 e. The average Bonchev–Trinajstić information content (AvgIpc) is 2.80. The fourth-order valence-electron chi connectivity index (χ4n) is 2.11. The van der Waals surface area contributed by atoms with E-state index in [1.807, 2.05) is 42.5 Å². The van der Waals surface area contributed by atoms with Gasteiger partial charge in [0, 0.05) is 22.0 Å². The Morgan fingerprint density at radius 3 is 2.80 bits per heavy atom. The number of benzene rings is 2. The average molecular weight is 352 g/mol. The molecule has 0 saturated carbocycles. The Kier molecular flexibility index (Phi) is 3.78. The molecule has 1 aromatic heterocycles. The standard InChI is InChI=1S/C15H12BrClN2O/c16-11-7-9(17)5-6-10(11)12(18)8-15-19-13-3-1-2-4-14(13)20-15/h1-7,12H,8,18H2. The minimum absolute atomic E-state index is 0.199. The van der Waals surface area contributed by atoms with Crippen molar-refractivity contribution in [2.24, 2.45) is 5.73 Å². The first kappa shape index (κ1) is 13.6. The molecule has 3 rings (SSSR count). The number of para-hydroxylation sites is 2. The number of nitrogens with zero attached hydrogens (tertiary/aromatic N) is 1. The van der Waals surface area contributed by atoms with E-state index in [1.165, 1.54) is 0 Å². The van der Waals surface area contributed by atoms with Gasteiger partial charge < -0.3 is 10.2 Å². The number of aromatic nitrogens is 1. The summed E-state index contributed by atoms with van der Waals surface area (Å²) >= 11 is 9.41. The fraction of sp³-hybridized carbons (Fsp3) is 0.133. The van der Waals surface area contributed by atoms with Gasteiger partial charge in [0.1, 0.15) is 5.52 Å². The maximum absolute atomic E-state index is 6.23. The van der Waals surface area contributed by atoms with Gasteiger partial charge in [0.15, 0.2) is 11.5 Å². The molecule has 0 spiro atoms. The second-order valence-electron chi connectivity index (χ2n) is 4.55. The van der Waals surface area contributed by atoms with Gasteiger partial charge in [-0.2, -0.15) is 0 Å². The van der Waals surface area contributed by atoms with Crippen molar-refractivity contribution in [2.45, 2.75) is 12.5 Å². The van der Waals surface area contributed by atoms with Gasteiger partial charge >= 0.3 is 0 Å². The molecule has 0 bridgehead atoms. The van der Waals surface area contributed by atoms with Crippen LogP contribution in [0.25, 0.3) is 11.1 Å². The van der Waals surface area contributed by atoms with E-state index in [4.69, 9.17) is 21.8 Å². The zero-order valence-electron chi connectivity index (χ0n) is 10.5. The van der Waals surface area contributed by atoms with Gasteiger partial charge in [-0.1, -0.05) is 45.7 Å². The Bertz CT molecular complexity index is 723. The third kappa shape index (κ3) is 2.73. The first-order valence-corrected chi connectivity index (χ1v) is 7.35. The number of halogens is 2. The van der Waals surface area contributed by atoms with Crippen LogP contribution in [0.15, 0.2) is 51.4 Å². The van der Waals surface area contributed by atoms with E-state index in [9.17, 15) is 0 Å². The zero-order valence-corrected chi connectivity index (χ0v) is 12.9. The molecule has 1 unspecified atom stereocenters. The number of oxazole rings is 1. The predicted octanol–water partition coefficient (Wildman–Crippen LogP) is 4.49. The molecule has 0 aliphatic rings. The van der Waals surface area contributed by atoms with Gasteiger partial charge in [-0.25, -0.2) is 4.98 Å². The molecule has 0 amide bonds. The van der Waals surface area contributed by atoms with Crippen LogP contribution in [0.2, 0.25) is 5.02 Å². The highest BCUT2D eigenvalue weighted by molar-refractivity contribution is 9.10. The highest BCUT2D eigenvalue weighted by Crippen LogP contribution is 2.28. The summed E-state index contributed by atoms with van der Waals surface area (Å²) in [5.74, 6) is 0.639. The third-order valence-electron chi connectivity index (χ3n) is 3.09. The molecule has 0 saturated heterocycles. The van der Waals surface area contributed by atoms with E-state index in [2.05, 4.69) is 20.9 Å². The Morgan fingerprint density at radius 1 is 1.25 bits per heavy atom. The van der Waals surface area contributed by atoms with Crippen molar-refractivity contribution in [3.63, 3.8) is 0 Å². The minimum atomic E-state index is -0.199. The van der Waals surface area contributed by atoms with Gasteiger partial charge in [-0.05, 0) is 29.8 Å². The minimum Gasteiger partial charge on any atom is -0.441 e. The number of nitrogens with two attached hydrogens (primary N) is 1. The van der Waals surface area contributed by atoms with Crippen molar-refractivity contribution in [1.82, 2.24) is 4.98 Å². The summed E-state index contributed by atoms with van der Waals surface area (Å²) < 4.78 is 6.59. The molecular weight excluding hydrogens is 340 g/mol. The van der Waals surface area contributed by atoms with E-state index in [0.717, 1.165) is 21.1 Å². The van der Waals surface area contributed by atoms with Crippen LogP contribution in [0.4, 0.5) is 0 Å². The molecule has 1 heterocycles. The predicted molar refractivity (Wildman–Crippen MR) is 83.8 cm³/mol. The molecule has 102 valence electrons. The van der Waals surface area contributed by atoms with Crippen LogP contribution < -0.4 is 5.73 Å². The van der Waals surface area contributed by atoms with Crippen molar-refractivity contribution in [1.29, 1.82) is 0 Å². The number of fused-ring (bicyclic) bond motifs is 1. The first-order valence-electron chi connectivity index (χ1n) is 6.18. The Labute approximate surface area is 129 Å². The Balaban J connectivity index is 1.86. The summed E-state index contributed by atoms with van der Waals surface area (Å²) in [6.45, 7) is 0. The molecule has 20 heavy (non-hydrogen) atoms. The van der Waals surface area contributed by atoms with Crippen LogP contribution in [0, 0.1) is 0 Å². The molecule has 1 atom stereocenters. The molecule has 0 aliphatic heterocycles. The van der Waals surface area contributed by atoms with E-state index in [0.29, 0.717) is 17.3 Å². The van der Waals surface area contributed by atoms with Gasteiger partial charge in [0.25, 0.3) is 0 Å². The quantitative estimate of drug-likeness (QED) is 0.756. The van der Waals surface area contributed by atoms with Crippen LogP contribution in [0.5, 0.6) is 0 Å². The van der Waals surface area contributed by atoms with Gasteiger partial charge in [-0.3, -0.25) is 0 Å². The summed E-state index contributed by atoms with van der Waals surface area (Å²) in [6, 6.07) is 13.1. The number of hydrogen-bond donors (Lipinski definition) is 1. The van der Waals surface area contributed by atoms with E-state index < -0.39 is 0 Å². The molecule has 2 aromatic carbocycles. The normalized spacial score (nSPS) is 12.8. The van der Waals surface area contributed by atoms with E-state index in [1.54, 1.807) is 0 Å². The maximum atomic E-state index is 6.23. The second kappa shape index (κ2) is 5.56. The maximum Gasteiger partial charge on any atom is 0.197 e. The summed E-state index contributed by atoms with van der Waals surface area (Å²) in [5, 5.41) is 0.676. The number of hydrogen-bond acceptors (Lipinski definition) is 3. The summed E-state index contributed by atoms with van der Waals surface area (Å²) in [6.07, 6.45) is 0.537. The van der Waals surface area contributed by atoms with Gasteiger partial charge in [0.05, 0.1) is 0 Å². The lowest BCUT2D eigenvalue weighted by molar-refractivity contribution is 0.502. The highest BCUT2D eigenvalue weighted by Gasteiger charge is 2.14.